The van der Waals surface area contributed by atoms with Crippen LogP contribution in [0.4, 0.5) is 22.0 Å². The Kier molecular flexibility index (Phi) is 7.72. The van der Waals surface area contributed by atoms with Crippen LogP contribution >= 0.6 is 0 Å². The van der Waals surface area contributed by atoms with E-state index in [1.165, 1.54) is 4.90 Å². The number of piperidine rings is 1. The fourth-order valence-corrected chi connectivity index (χ4v) is 4.94. The summed E-state index contributed by atoms with van der Waals surface area (Å²) in [6, 6.07) is 13.5. The van der Waals surface area contributed by atoms with Gasteiger partial charge in [-0.25, -0.2) is 22.0 Å². The molecule has 5 rings (SSSR count). The third kappa shape index (κ3) is 5.41. The van der Waals surface area contributed by atoms with Gasteiger partial charge in [-0.05, 0) is 31.0 Å². The number of rotatable bonds is 8. The first-order valence-electron chi connectivity index (χ1n) is 12.6. The molecule has 1 aliphatic heterocycles. The zero-order chi connectivity index (χ0) is 27.7. The zero-order valence-electron chi connectivity index (χ0n) is 20.7. The van der Waals surface area contributed by atoms with Crippen LogP contribution in [0.25, 0.3) is 21.8 Å². The lowest BCUT2D eigenvalue weighted by molar-refractivity contribution is -0.131. The van der Waals surface area contributed by atoms with E-state index in [1.807, 2.05) is 42.5 Å². The van der Waals surface area contributed by atoms with Gasteiger partial charge in [-0.3, -0.25) is 4.79 Å². The summed E-state index contributed by atoms with van der Waals surface area (Å²) in [4.78, 5) is 17.2. The minimum absolute atomic E-state index is 0.0325. The number of aromatic nitrogens is 1. The normalized spacial score (nSPS) is 15.3. The molecule has 1 aliphatic rings. The summed E-state index contributed by atoms with van der Waals surface area (Å²) in [5, 5.41) is 15.7. The van der Waals surface area contributed by atoms with E-state index < -0.39 is 53.1 Å². The van der Waals surface area contributed by atoms with E-state index in [0.29, 0.717) is 18.6 Å². The van der Waals surface area contributed by atoms with Crippen molar-refractivity contribution in [1.82, 2.24) is 15.2 Å². The fraction of sp³-hybridized carbons (Fsp3) is 0.321. The number of benzene rings is 3. The molecule has 0 spiro atoms. The molecular weight excluding hydrogens is 521 g/mol. The molecule has 0 saturated carbocycles. The molecule has 4 aromatic rings. The number of aliphatic hydroxyl groups is 1. The highest BCUT2D eigenvalue weighted by atomic mass is 19.2. The molecule has 0 aliphatic carbocycles. The first kappa shape index (κ1) is 26.9. The van der Waals surface area contributed by atoms with Crippen LogP contribution in [0, 0.1) is 29.1 Å². The molecular formula is C28H26F5N3O3. The molecule has 0 bridgehead atoms. The highest BCUT2D eigenvalue weighted by Crippen LogP contribution is 2.33. The first-order valence-corrected chi connectivity index (χ1v) is 12.6. The monoisotopic (exact) mass is 547 g/mol. The molecule has 3 N–H and O–H groups in total. The quantitative estimate of drug-likeness (QED) is 0.172. The second-order valence-corrected chi connectivity index (χ2v) is 9.60. The summed E-state index contributed by atoms with van der Waals surface area (Å²) in [7, 11) is 0. The Labute approximate surface area is 220 Å². The van der Waals surface area contributed by atoms with Crippen molar-refractivity contribution in [3.05, 3.63) is 77.1 Å². The summed E-state index contributed by atoms with van der Waals surface area (Å²) in [5.41, 5.74) is 0.786. The molecule has 3 aromatic carbocycles. The van der Waals surface area contributed by atoms with Gasteiger partial charge in [0.15, 0.2) is 23.3 Å². The number of H-pyrrole nitrogens is 1. The van der Waals surface area contributed by atoms with E-state index in [9.17, 15) is 31.9 Å². The number of carbonyl (C=O) groups excluding carboxylic acids is 1. The topological polar surface area (TPSA) is 77.6 Å². The maximum absolute atomic E-state index is 13.9. The number of hydrogen-bond acceptors (Lipinski definition) is 4. The summed E-state index contributed by atoms with van der Waals surface area (Å²) in [6.07, 6.45) is -0.751. The van der Waals surface area contributed by atoms with Crippen molar-refractivity contribution in [3.63, 3.8) is 0 Å². The second-order valence-electron chi connectivity index (χ2n) is 9.60. The minimum atomic E-state index is -2.25. The Morgan fingerprint density at radius 3 is 2.31 bits per heavy atom. The molecule has 2 heterocycles. The molecule has 11 heteroatoms. The van der Waals surface area contributed by atoms with Gasteiger partial charge in [0.05, 0.1) is 11.9 Å². The maximum Gasteiger partial charge on any atom is 0.227 e. The van der Waals surface area contributed by atoms with Crippen molar-refractivity contribution in [2.45, 2.75) is 31.4 Å². The van der Waals surface area contributed by atoms with Crippen molar-refractivity contribution in [2.75, 3.05) is 26.2 Å². The maximum atomic E-state index is 13.9. The number of hydrogen-bond donors (Lipinski definition) is 3. The summed E-state index contributed by atoms with van der Waals surface area (Å²) >= 11 is 0. The third-order valence-corrected chi connectivity index (χ3v) is 7.04. The number of para-hydroxylation sites is 1. The predicted octanol–water partition coefficient (Wildman–Crippen LogP) is 4.58. The van der Waals surface area contributed by atoms with Gasteiger partial charge >= 0.3 is 0 Å². The van der Waals surface area contributed by atoms with Crippen molar-refractivity contribution < 1.29 is 36.6 Å². The number of fused-ring (bicyclic) bond motifs is 3. The molecule has 1 saturated heterocycles. The van der Waals surface area contributed by atoms with Crippen LogP contribution in [-0.2, 0) is 11.2 Å². The van der Waals surface area contributed by atoms with Gasteiger partial charge in [-0.15, -0.1) is 0 Å². The zero-order valence-corrected chi connectivity index (χ0v) is 20.7. The Morgan fingerprint density at radius 1 is 0.949 bits per heavy atom. The average molecular weight is 548 g/mol. The summed E-state index contributed by atoms with van der Waals surface area (Å²) in [5.74, 6) is -10.4. The molecule has 1 fully saturated rings. The number of nitrogens with one attached hydrogen (secondary N) is 2. The van der Waals surface area contributed by atoms with Crippen LogP contribution in [0.3, 0.4) is 0 Å². The van der Waals surface area contributed by atoms with Crippen LogP contribution in [0.5, 0.6) is 5.75 Å². The Hall–Kier alpha value is -3.70. The number of aromatic amines is 1. The van der Waals surface area contributed by atoms with Gasteiger partial charge < -0.3 is 25.0 Å². The Morgan fingerprint density at radius 2 is 1.59 bits per heavy atom. The van der Waals surface area contributed by atoms with E-state index >= 15 is 0 Å². The lowest BCUT2D eigenvalue weighted by Gasteiger charge is -2.33. The van der Waals surface area contributed by atoms with E-state index in [4.69, 9.17) is 4.74 Å². The van der Waals surface area contributed by atoms with Gasteiger partial charge in [0, 0.05) is 47.5 Å². The average Bonchev–Trinajstić information content (AvgIpc) is 3.34. The number of halogens is 5. The number of ether oxygens (including phenoxy) is 1. The van der Waals surface area contributed by atoms with E-state index in [2.05, 4.69) is 10.3 Å². The molecule has 39 heavy (non-hydrogen) atoms. The first-order chi connectivity index (χ1) is 18.7. The molecule has 0 radical (unpaired) electrons. The van der Waals surface area contributed by atoms with Gasteiger partial charge in [-0.2, -0.15) is 0 Å². The highest BCUT2D eigenvalue weighted by Gasteiger charge is 2.29. The lowest BCUT2D eigenvalue weighted by Crippen LogP contribution is -2.47. The molecule has 1 unspecified atom stereocenters. The Balaban J connectivity index is 1.10. The summed E-state index contributed by atoms with van der Waals surface area (Å²) < 4.78 is 73.9. The number of amides is 1. The van der Waals surface area contributed by atoms with Crippen molar-refractivity contribution in [3.8, 4) is 5.75 Å². The number of carbonyl (C=O) groups is 1. The van der Waals surface area contributed by atoms with Crippen molar-refractivity contribution in [1.29, 1.82) is 0 Å². The number of aliphatic hydroxyl groups excluding tert-OH is 1. The van der Waals surface area contributed by atoms with Crippen LogP contribution in [0.2, 0.25) is 0 Å². The van der Waals surface area contributed by atoms with Gasteiger partial charge in [0.1, 0.15) is 18.5 Å². The number of likely N-dealkylation sites (tertiary alicyclic amines) is 1. The molecule has 206 valence electrons. The summed E-state index contributed by atoms with van der Waals surface area (Å²) in [6.45, 7) is 0.778. The van der Waals surface area contributed by atoms with Crippen LogP contribution in [-0.4, -0.2) is 59.3 Å². The second kappa shape index (κ2) is 11.2. The predicted molar refractivity (Wildman–Crippen MR) is 135 cm³/mol. The van der Waals surface area contributed by atoms with E-state index in [-0.39, 0.29) is 32.3 Å². The standard InChI is InChI=1S/C28H26F5N3O3/c29-24-18(25(30)27(32)28(33)26(24)31)12-22(38)36-10-8-15(9-11-36)34-13-16(37)14-39-21-7-3-6-20-23(21)17-4-1-2-5-19(17)35-20/h1-7,15-16,34-35,37H,8-14H2. The third-order valence-electron chi connectivity index (χ3n) is 7.04. The van der Waals surface area contributed by atoms with Gasteiger partial charge in [-0.1, -0.05) is 24.3 Å². The van der Waals surface area contributed by atoms with E-state index in [1.54, 1.807) is 0 Å². The molecule has 1 atom stereocenters. The SMILES string of the molecule is O=C(Cc1c(F)c(F)c(F)c(F)c1F)N1CCC(NCC(O)COc2cccc3[nH]c4ccccc4c23)CC1. The highest BCUT2D eigenvalue weighted by molar-refractivity contribution is 6.10. The minimum Gasteiger partial charge on any atom is -0.490 e. The smallest absolute Gasteiger partial charge is 0.227 e. The largest absolute Gasteiger partial charge is 0.490 e. The lowest BCUT2D eigenvalue weighted by atomic mass is 10.0. The Bertz CT molecular complexity index is 1490. The van der Waals surface area contributed by atoms with Crippen LogP contribution < -0.4 is 10.1 Å². The fourth-order valence-electron chi connectivity index (χ4n) is 4.94. The molecule has 6 nitrogen and oxygen atoms in total. The van der Waals surface area contributed by atoms with Crippen molar-refractivity contribution in [2.24, 2.45) is 0 Å². The van der Waals surface area contributed by atoms with Crippen molar-refractivity contribution >= 4 is 27.7 Å². The van der Waals surface area contributed by atoms with E-state index in [0.717, 1.165) is 21.8 Å². The van der Waals surface area contributed by atoms with Gasteiger partial charge in [0.25, 0.3) is 0 Å². The molecule has 1 aromatic heterocycles. The van der Waals surface area contributed by atoms with Gasteiger partial charge in [0.2, 0.25) is 11.7 Å². The van der Waals surface area contributed by atoms with Crippen LogP contribution in [0.15, 0.2) is 42.5 Å². The van der Waals surface area contributed by atoms with Crippen LogP contribution in [0.1, 0.15) is 18.4 Å². The molecule has 1 amide bonds. The number of nitrogens with zero attached hydrogens (tertiary/aromatic N) is 1.